The molecule has 0 bridgehead atoms. The molecule has 4 rings (SSSR count). The average molecular weight is 532 g/mol. The summed E-state index contributed by atoms with van der Waals surface area (Å²) in [6.45, 7) is 5.81. The summed E-state index contributed by atoms with van der Waals surface area (Å²) in [5.74, 6) is -1.13. The average Bonchev–Trinajstić information content (AvgIpc) is 3.58. The van der Waals surface area contributed by atoms with Gasteiger partial charge >= 0.3 is 0 Å². The number of carbonyl (C=O) groups is 1. The zero-order valence-corrected chi connectivity index (χ0v) is 21.2. The number of hydrogen-bond acceptors (Lipinski definition) is 7. The Labute approximate surface area is 212 Å². The first-order valence-corrected chi connectivity index (χ1v) is 13.1. The summed E-state index contributed by atoms with van der Waals surface area (Å²) in [4.78, 5) is 23.1. The lowest BCUT2D eigenvalue weighted by molar-refractivity contribution is -0.385. The summed E-state index contributed by atoms with van der Waals surface area (Å²) in [6.07, 6.45) is 1.31. The van der Waals surface area contributed by atoms with Crippen LogP contribution in [0.5, 0.6) is 11.6 Å². The number of benzene rings is 2. The van der Waals surface area contributed by atoms with Gasteiger partial charge in [0.1, 0.15) is 16.5 Å². The van der Waals surface area contributed by atoms with E-state index in [-0.39, 0.29) is 40.5 Å². The van der Waals surface area contributed by atoms with E-state index in [0.29, 0.717) is 19.4 Å². The van der Waals surface area contributed by atoms with Crippen molar-refractivity contribution >= 4 is 21.6 Å². The number of sulfonamides is 1. The lowest BCUT2D eigenvalue weighted by atomic mass is 10.2. The van der Waals surface area contributed by atoms with Crippen molar-refractivity contribution in [2.45, 2.75) is 44.6 Å². The molecular formula is C24H26FN5O6S. The molecular weight excluding hydrogens is 505 g/mol. The van der Waals surface area contributed by atoms with Crippen molar-refractivity contribution in [1.82, 2.24) is 19.8 Å². The molecule has 0 radical (unpaired) electrons. The number of hydrogen-bond donors (Lipinski definition) is 2. The summed E-state index contributed by atoms with van der Waals surface area (Å²) in [7, 11) is -4.18. The SMILES string of the molecule is Cc1c(C(=O)NCC(C)C)nn(-c2cccc(F)c2)c1Oc1ccc([N+](=O)[O-])cc1S(=O)(=O)NC1CC1. The monoisotopic (exact) mass is 531 g/mol. The van der Waals surface area contributed by atoms with Gasteiger partial charge in [-0.05, 0) is 49.9 Å². The lowest BCUT2D eigenvalue weighted by Crippen LogP contribution is -2.28. The minimum Gasteiger partial charge on any atom is -0.437 e. The Bertz CT molecular complexity index is 1470. The van der Waals surface area contributed by atoms with Crippen molar-refractivity contribution in [3.05, 3.63) is 69.7 Å². The highest BCUT2D eigenvalue weighted by molar-refractivity contribution is 7.89. The first kappa shape index (κ1) is 26.2. The fourth-order valence-electron chi connectivity index (χ4n) is 3.47. The number of aromatic nitrogens is 2. The van der Waals surface area contributed by atoms with E-state index >= 15 is 0 Å². The molecule has 0 aliphatic heterocycles. The molecule has 1 amide bonds. The van der Waals surface area contributed by atoms with Gasteiger partial charge in [-0.25, -0.2) is 17.5 Å². The number of nitro benzene ring substituents is 1. The van der Waals surface area contributed by atoms with Gasteiger partial charge in [0.2, 0.25) is 15.9 Å². The standard InChI is InChI=1S/C24H26FN5O6S/c1-14(2)13-26-23(31)22-15(3)24(29(27-22)18-6-4-5-16(25)11-18)36-20-10-9-19(30(32)33)12-21(20)37(34,35)28-17-7-8-17/h4-6,9-12,14,17,28H,7-8,13H2,1-3H3,(H,26,31). The number of rotatable bonds is 10. The van der Waals surface area contributed by atoms with Gasteiger partial charge in [0.25, 0.3) is 11.6 Å². The van der Waals surface area contributed by atoms with Crippen molar-refractivity contribution in [3.63, 3.8) is 0 Å². The summed E-state index contributed by atoms with van der Waals surface area (Å²) in [5, 5.41) is 18.4. The van der Waals surface area contributed by atoms with Crippen molar-refractivity contribution in [2.24, 2.45) is 5.92 Å². The second-order valence-electron chi connectivity index (χ2n) is 9.16. The number of ether oxygens (including phenoxy) is 1. The fraction of sp³-hybridized carbons (Fsp3) is 0.333. The fourth-order valence-corrected chi connectivity index (χ4v) is 4.92. The van der Waals surface area contributed by atoms with E-state index in [4.69, 9.17) is 4.74 Å². The maximum atomic E-state index is 14.0. The van der Waals surface area contributed by atoms with Crippen molar-refractivity contribution in [1.29, 1.82) is 0 Å². The minimum atomic E-state index is -4.18. The summed E-state index contributed by atoms with van der Waals surface area (Å²) in [5.41, 5.74) is 0.0563. The van der Waals surface area contributed by atoms with Crippen LogP contribution in [0.4, 0.5) is 10.1 Å². The predicted molar refractivity (Wildman–Crippen MR) is 132 cm³/mol. The maximum absolute atomic E-state index is 14.0. The molecule has 0 spiro atoms. The van der Waals surface area contributed by atoms with Gasteiger partial charge in [0, 0.05) is 30.3 Å². The molecule has 1 aliphatic rings. The molecule has 1 aromatic heterocycles. The molecule has 1 aliphatic carbocycles. The third-order valence-corrected chi connectivity index (χ3v) is 7.08. The van der Waals surface area contributed by atoms with Gasteiger partial charge in [-0.2, -0.15) is 9.78 Å². The second kappa shape index (κ2) is 10.3. The first-order valence-electron chi connectivity index (χ1n) is 11.6. The summed E-state index contributed by atoms with van der Waals surface area (Å²) in [6, 6.07) is 8.34. The highest BCUT2D eigenvalue weighted by Gasteiger charge is 2.32. The van der Waals surface area contributed by atoms with Crippen LogP contribution in [0.15, 0.2) is 47.4 Å². The van der Waals surface area contributed by atoms with Crippen molar-refractivity contribution in [2.75, 3.05) is 6.54 Å². The maximum Gasteiger partial charge on any atom is 0.272 e. The highest BCUT2D eigenvalue weighted by Crippen LogP contribution is 2.36. The molecule has 3 aromatic rings. The van der Waals surface area contributed by atoms with E-state index < -0.39 is 37.3 Å². The molecule has 1 heterocycles. The van der Waals surface area contributed by atoms with Crippen LogP contribution in [0.3, 0.4) is 0 Å². The Morgan fingerprint density at radius 3 is 2.62 bits per heavy atom. The van der Waals surface area contributed by atoms with Gasteiger partial charge in [-0.15, -0.1) is 0 Å². The Kier molecular flexibility index (Phi) is 7.28. The smallest absolute Gasteiger partial charge is 0.272 e. The Balaban J connectivity index is 1.83. The Hall–Kier alpha value is -3.84. The Morgan fingerprint density at radius 1 is 1.27 bits per heavy atom. The molecule has 0 unspecified atom stereocenters. The van der Waals surface area contributed by atoms with Crippen LogP contribution in [-0.4, -0.2) is 41.6 Å². The number of non-ortho nitro benzene ring substituents is 1. The summed E-state index contributed by atoms with van der Waals surface area (Å²) >= 11 is 0. The molecule has 196 valence electrons. The Morgan fingerprint density at radius 2 is 2.00 bits per heavy atom. The van der Waals surface area contributed by atoms with Crippen LogP contribution < -0.4 is 14.8 Å². The van der Waals surface area contributed by atoms with E-state index in [1.54, 1.807) is 13.0 Å². The molecule has 1 fully saturated rings. The van der Waals surface area contributed by atoms with E-state index in [9.17, 15) is 27.7 Å². The molecule has 11 nitrogen and oxygen atoms in total. The zero-order chi connectivity index (χ0) is 26.9. The lowest BCUT2D eigenvalue weighted by Gasteiger charge is -2.14. The van der Waals surface area contributed by atoms with Gasteiger partial charge in [0.15, 0.2) is 5.69 Å². The van der Waals surface area contributed by atoms with Crippen LogP contribution in [0.25, 0.3) is 5.69 Å². The van der Waals surface area contributed by atoms with Crippen LogP contribution >= 0.6 is 0 Å². The molecule has 37 heavy (non-hydrogen) atoms. The topological polar surface area (TPSA) is 145 Å². The zero-order valence-electron chi connectivity index (χ0n) is 20.4. The van der Waals surface area contributed by atoms with Crippen molar-refractivity contribution < 1.29 is 27.3 Å². The van der Waals surface area contributed by atoms with Crippen LogP contribution in [0.1, 0.15) is 42.7 Å². The number of carbonyl (C=O) groups excluding carboxylic acids is 1. The largest absolute Gasteiger partial charge is 0.437 e. The molecule has 2 aromatic carbocycles. The van der Waals surface area contributed by atoms with Crippen LogP contribution in [-0.2, 0) is 10.0 Å². The number of nitrogens with one attached hydrogen (secondary N) is 2. The summed E-state index contributed by atoms with van der Waals surface area (Å²) < 4.78 is 49.9. The van der Waals surface area contributed by atoms with Gasteiger partial charge in [0.05, 0.1) is 10.6 Å². The third kappa shape index (κ3) is 5.94. The number of halogens is 1. The van der Waals surface area contributed by atoms with Crippen molar-refractivity contribution in [3.8, 4) is 17.3 Å². The van der Waals surface area contributed by atoms with Crippen LogP contribution in [0, 0.1) is 28.8 Å². The first-order chi connectivity index (χ1) is 17.5. The molecule has 0 atom stereocenters. The van der Waals surface area contributed by atoms with Crippen LogP contribution in [0.2, 0.25) is 0 Å². The van der Waals surface area contributed by atoms with Gasteiger partial charge < -0.3 is 10.1 Å². The van der Waals surface area contributed by atoms with Gasteiger partial charge in [-0.1, -0.05) is 19.9 Å². The van der Waals surface area contributed by atoms with E-state index in [2.05, 4.69) is 15.1 Å². The van der Waals surface area contributed by atoms with E-state index in [1.165, 1.54) is 28.9 Å². The highest BCUT2D eigenvalue weighted by atomic mass is 32.2. The quantitative estimate of drug-likeness (QED) is 0.298. The second-order valence-corrected chi connectivity index (χ2v) is 10.8. The minimum absolute atomic E-state index is 0.00216. The molecule has 13 heteroatoms. The number of nitro groups is 1. The third-order valence-electron chi connectivity index (χ3n) is 5.54. The molecule has 1 saturated carbocycles. The molecule has 2 N–H and O–H groups in total. The molecule has 0 saturated heterocycles. The number of nitrogens with zero attached hydrogens (tertiary/aromatic N) is 3. The van der Waals surface area contributed by atoms with E-state index in [0.717, 1.165) is 12.1 Å². The predicted octanol–water partition coefficient (Wildman–Crippen LogP) is 3.85. The van der Waals surface area contributed by atoms with Gasteiger partial charge in [-0.3, -0.25) is 14.9 Å². The van der Waals surface area contributed by atoms with E-state index in [1.807, 2.05) is 13.8 Å². The normalized spacial score (nSPS) is 13.5. The number of amides is 1.